The standard InChI is InChI=1S/C13H10ClFO/c1-9-5-7-10(8-6-9)16-13-11(14)3-2-4-12(13)15/h2-8H,1H3. The van der Waals surface area contributed by atoms with Crippen molar-refractivity contribution < 1.29 is 9.13 Å². The second-order valence-electron chi connectivity index (χ2n) is 3.47. The number of ether oxygens (including phenoxy) is 1. The summed E-state index contributed by atoms with van der Waals surface area (Å²) in [4.78, 5) is 0. The van der Waals surface area contributed by atoms with Crippen LogP contribution >= 0.6 is 11.6 Å². The normalized spacial score (nSPS) is 10.2. The third-order valence-corrected chi connectivity index (χ3v) is 2.46. The first kappa shape index (κ1) is 11.0. The predicted molar refractivity (Wildman–Crippen MR) is 62.7 cm³/mol. The molecule has 0 heterocycles. The highest BCUT2D eigenvalue weighted by atomic mass is 35.5. The molecule has 1 nitrogen and oxygen atoms in total. The topological polar surface area (TPSA) is 9.23 Å². The van der Waals surface area contributed by atoms with Gasteiger partial charge in [0.1, 0.15) is 5.75 Å². The average molecular weight is 237 g/mol. The van der Waals surface area contributed by atoms with Crippen molar-refractivity contribution in [3.05, 3.63) is 58.9 Å². The molecule has 0 radical (unpaired) electrons. The summed E-state index contributed by atoms with van der Waals surface area (Å²) < 4.78 is 18.8. The van der Waals surface area contributed by atoms with E-state index in [0.29, 0.717) is 5.75 Å². The Bertz CT molecular complexity index is 474. The van der Waals surface area contributed by atoms with Crippen LogP contribution in [0.25, 0.3) is 0 Å². The minimum Gasteiger partial charge on any atom is -0.453 e. The Morgan fingerprint density at radius 1 is 1.06 bits per heavy atom. The Labute approximate surface area is 98.4 Å². The second kappa shape index (κ2) is 4.54. The van der Waals surface area contributed by atoms with Gasteiger partial charge in [0.25, 0.3) is 0 Å². The number of rotatable bonds is 2. The van der Waals surface area contributed by atoms with E-state index in [9.17, 15) is 4.39 Å². The number of para-hydroxylation sites is 1. The summed E-state index contributed by atoms with van der Waals surface area (Å²) in [5.41, 5.74) is 1.12. The van der Waals surface area contributed by atoms with Crippen LogP contribution in [-0.2, 0) is 0 Å². The second-order valence-corrected chi connectivity index (χ2v) is 3.87. The zero-order valence-corrected chi connectivity index (χ0v) is 9.46. The quantitative estimate of drug-likeness (QED) is 0.742. The summed E-state index contributed by atoms with van der Waals surface area (Å²) in [5, 5.41) is 0.264. The SMILES string of the molecule is Cc1ccc(Oc2c(F)cccc2Cl)cc1. The molecule has 0 fully saturated rings. The van der Waals surface area contributed by atoms with Crippen LogP contribution in [0.4, 0.5) is 4.39 Å². The van der Waals surface area contributed by atoms with E-state index in [1.807, 2.05) is 19.1 Å². The summed E-state index contributed by atoms with van der Waals surface area (Å²) in [5.74, 6) is 0.165. The van der Waals surface area contributed by atoms with E-state index < -0.39 is 5.82 Å². The van der Waals surface area contributed by atoms with Gasteiger partial charge in [-0.3, -0.25) is 0 Å². The fourth-order valence-electron chi connectivity index (χ4n) is 1.30. The third kappa shape index (κ3) is 2.34. The van der Waals surface area contributed by atoms with Crippen LogP contribution in [-0.4, -0.2) is 0 Å². The number of halogens is 2. The van der Waals surface area contributed by atoms with Gasteiger partial charge in [-0.15, -0.1) is 0 Å². The largest absolute Gasteiger partial charge is 0.453 e. The molecular formula is C13H10ClFO. The van der Waals surface area contributed by atoms with E-state index in [4.69, 9.17) is 16.3 Å². The fourth-order valence-corrected chi connectivity index (χ4v) is 1.51. The first-order valence-corrected chi connectivity index (χ1v) is 5.23. The van der Waals surface area contributed by atoms with Gasteiger partial charge in [-0.2, -0.15) is 0 Å². The molecule has 2 aromatic rings. The van der Waals surface area contributed by atoms with E-state index in [-0.39, 0.29) is 10.8 Å². The smallest absolute Gasteiger partial charge is 0.181 e. The van der Waals surface area contributed by atoms with Crippen LogP contribution in [0.15, 0.2) is 42.5 Å². The maximum absolute atomic E-state index is 13.4. The van der Waals surface area contributed by atoms with Gasteiger partial charge in [0.15, 0.2) is 11.6 Å². The molecule has 3 heteroatoms. The summed E-state index contributed by atoms with van der Waals surface area (Å²) >= 11 is 5.85. The lowest BCUT2D eigenvalue weighted by atomic mass is 10.2. The lowest BCUT2D eigenvalue weighted by molar-refractivity contribution is 0.442. The molecular weight excluding hydrogens is 227 g/mol. The van der Waals surface area contributed by atoms with Gasteiger partial charge in [-0.1, -0.05) is 35.4 Å². The highest BCUT2D eigenvalue weighted by Gasteiger charge is 2.08. The van der Waals surface area contributed by atoms with Gasteiger partial charge in [0.05, 0.1) is 5.02 Å². The van der Waals surface area contributed by atoms with Gasteiger partial charge in [0.2, 0.25) is 0 Å². The number of hydrogen-bond acceptors (Lipinski definition) is 1. The molecule has 0 aliphatic rings. The Balaban J connectivity index is 2.30. The lowest BCUT2D eigenvalue weighted by Crippen LogP contribution is -1.89. The van der Waals surface area contributed by atoms with E-state index >= 15 is 0 Å². The van der Waals surface area contributed by atoms with E-state index in [1.54, 1.807) is 24.3 Å². The van der Waals surface area contributed by atoms with Crippen molar-refractivity contribution in [1.82, 2.24) is 0 Å². The molecule has 0 spiro atoms. The minimum absolute atomic E-state index is 0.0630. The number of benzene rings is 2. The molecule has 0 bridgehead atoms. The molecule has 0 aromatic heterocycles. The Morgan fingerprint density at radius 3 is 2.38 bits per heavy atom. The maximum atomic E-state index is 13.4. The average Bonchev–Trinajstić information content (AvgIpc) is 2.26. The van der Waals surface area contributed by atoms with Gasteiger partial charge in [0, 0.05) is 0 Å². The minimum atomic E-state index is -0.465. The molecule has 2 aromatic carbocycles. The highest BCUT2D eigenvalue weighted by molar-refractivity contribution is 6.32. The summed E-state index contributed by atoms with van der Waals surface area (Å²) in [7, 11) is 0. The van der Waals surface area contributed by atoms with Gasteiger partial charge in [-0.05, 0) is 31.2 Å². The number of hydrogen-bond donors (Lipinski definition) is 0. The zero-order chi connectivity index (χ0) is 11.5. The van der Waals surface area contributed by atoms with Crippen LogP contribution in [0.2, 0.25) is 5.02 Å². The van der Waals surface area contributed by atoms with E-state index in [2.05, 4.69) is 0 Å². The van der Waals surface area contributed by atoms with Crippen LogP contribution in [0.3, 0.4) is 0 Å². The van der Waals surface area contributed by atoms with E-state index in [0.717, 1.165) is 5.56 Å². The summed E-state index contributed by atoms with van der Waals surface area (Å²) in [6.45, 7) is 1.97. The van der Waals surface area contributed by atoms with Crippen LogP contribution in [0.1, 0.15) is 5.56 Å². The van der Waals surface area contributed by atoms with Gasteiger partial charge < -0.3 is 4.74 Å². The van der Waals surface area contributed by atoms with Crippen molar-refractivity contribution in [1.29, 1.82) is 0 Å². The van der Waals surface area contributed by atoms with Crippen molar-refractivity contribution in [3.63, 3.8) is 0 Å². The van der Waals surface area contributed by atoms with Crippen molar-refractivity contribution in [2.24, 2.45) is 0 Å². The van der Waals surface area contributed by atoms with E-state index in [1.165, 1.54) is 6.07 Å². The Hall–Kier alpha value is -1.54. The van der Waals surface area contributed by atoms with Crippen LogP contribution < -0.4 is 4.74 Å². The number of aryl methyl sites for hydroxylation is 1. The summed E-state index contributed by atoms with van der Waals surface area (Å²) in [6.07, 6.45) is 0. The van der Waals surface area contributed by atoms with Gasteiger partial charge >= 0.3 is 0 Å². The molecule has 0 N–H and O–H groups in total. The van der Waals surface area contributed by atoms with Crippen molar-refractivity contribution >= 4 is 11.6 Å². The third-order valence-electron chi connectivity index (χ3n) is 2.16. The predicted octanol–water partition coefficient (Wildman–Crippen LogP) is 4.58. The molecule has 0 aliphatic carbocycles. The molecule has 82 valence electrons. The van der Waals surface area contributed by atoms with Crippen LogP contribution in [0, 0.1) is 12.7 Å². The monoisotopic (exact) mass is 236 g/mol. The Morgan fingerprint density at radius 2 is 1.75 bits per heavy atom. The molecule has 2 rings (SSSR count). The van der Waals surface area contributed by atoms with Crippen molar-refractivity contribution in [3.8, 4) is 11.5 Å². The fraction of sp³-hybridized carbons (Fsp3) is 0.0769. The van der Waals surface area contributed by atoms with Crippen LogP contribution in [0.5, 0.6) is 11.5 Å². The first-order valence-electron chi connectivity index (χ1n) is 4.85. The molecule has 0 saturated heterocycles. The van der Waals surface area contributed by atoms with Crippen molar-refractivity contribution in [2.45, 2.75) is 6.92 Å². The molecule has 16 heavy (non-hydrogen) atoms. The molecule has 0 amide bonds. The highest BCUT2D eigenvalue weighted by Crippen LogP contribution is 2.31. The molecule has 0 aliphatic heterocycles. The first-order chi connectivity index (χ1) is 7.66. The molecule has 0 unspecified atom stereocenters. The zero-order valence-electron chi connectivity index (χ0n) is 8.71. The summed E-state index contributed by atoms with van der Waals surface area (Å²) in [6, 6.07) is 11.8. The maximum Gasteiger partial charge on any atom is 0.181 e. The molecule has 0 saturated carbocycles. The lowest BCUT2D eigenvalue weighted by Gasteiger charge is -2.08. The van der Waals surface area contributed by atoms with Crippen molar-refractivity contribution in [2.75, 3.05) is 0 Å². The van der Waals surface area contributed by atoms with Gasteiger partial charge in [-0.25, -0.2) is 4.39 Å². The molecule has 0 atom stereocenters. The Kier molecular flexibility index (Phi) is 3.11.